The molecule has 4 rings (SSSR count). The van der Waals surface area contributed by atoms with E-state index in [0.29, 0.717) is 16.4 Å². The average molecular weight is 619 g/mol. The van der Waals surface area contributed by atoms with Gasteiger partial charge in [-0.3, -0.25) is 19.3 Å². The molecule has 1 N–H and O–H groups in total. The highest BCUT2D eigenvalue weighted by Crippen LogP contribution is 2.41. The topological polar surface area (TPSA) is 105 Å². The number of halogens is 7. The van der Waals surface area contributed by atoms with Gasteiger partial charge >= 0.3 is 12.1 Å². The van der Waals surface area contributed by atoms with Crippen LogP contribution >= 0.6 is 23.2 Å². The van der Waals surface area contributed by atoms with Gasteiger partial charge in [0.1, 0.15) is 5.82 Å². The third-order valence-electron chi connectivity index (χ3n) is 6.81. The molecule has 0 unspecified atom stereocenters. The van der Waals surface area contributed by atoms with E-state index in [0.717, 1.165) is 29.4 Å². The number of aliphatic carboxylic acids is 1. The predicted molar refractivity (Wildman–Crippen MR) is 136 cm³/mol. The smallest absolute Gasteiger partial charge is 0.433 e. The SMILES string of the molecule is O=C(CN(Cc1ccc(F)cc1)C(=O)c1cnn([C@H]2CC[C@@](F)(C(=O)O)CC2)c1C(F)(F)F)c1c(Cl)cncc1Cl. The molecule has 1 aliphatic rings. The van der Waals surface area contributed by atoms with Gasteiger partial charge in [0.05, 0.1) is 40.0 Å². The van der Waals surface area contributed by atoms with E-state index in [-0.39, 0.29) is 35.0 Å². The summed E-state index contributed by atoms with van der Waals surface area (Å²) >= 11 is 12.1. The zero-order chi connectivity index (χ0) is 30.1. The van der Waals surface area contributed by atoms with Gasteiger partial charge in [0.2, 0.25) is 5.67 Å². The number of carbonyl (C=O) groups is 3. The van der Waals surface area contributed by atoms with Gasteiger partial charge in [0.25, 0.3) is 5.91 Å². The first-order valence-electron chi connectivity index (χ1n) is 12.1. The van der Waals surface area contributed by atoms with Crippen molar-refractivity contribution < 1.29 is 41.4 Å². The lowest BCUT2D eigenvalue weighted by Crippen LogP contribution is -2.39. The van der Waals surface area contributed by atoms with Crippen molar-refractivity contribution in [3.05, 3.63) is 81.1 Å². The standard InChI is InChI=1S/C26H21Cl2F5N4O4/c27-18-10-34-11-19(28)21(18)20(38)13-36(12-14-1-3-15(29)4-2-14)23(39)17-9-35-37(22(17)26(31,32)33)16-5-7-25(30,8-6-16)24(40)41/h1-4,9-11,16H,5-8,12-13H2,(H,40,41)/t16-,25-. The maximum absolute atomic E-state index is 14.5. The Morgan fingerprint density at radius 1 is 1.05 bits per heavy atom. The first-order chi connectivity index (χ1) is 19.2. The van der Waals surface area contributed by atoms with Crippen LogP contribution in [0.2, 0.25) is 10.0 Å². The number of carboxylic acids is 1. The van der Waals surface area contributed by atoms with Crippen molar-refractivity contribution in [3.8, 4) is 0 Å². The number of pyridine rings is 1. The molecule has 1 amide bonds. The number of carboxylic acid groups (broad SMARTS) is 1. The molecule has 218 valence electrons. The third-order valence-corrected chi connectivity index (χ3v) is 7.38. The number of hydrogen-bond acceptors (Lipinski definition) is 5. The van der Waals surface area contributed by atoms with Crippen molar-refractivity contribution in [3.63, 3.8) is 0 Å². The molecule has 1 saturated carbocycles. The first kappa shape index (κ1) is 30.4. The molecule has 0 aliphatic heterocycles. The molecule has 3 aromatic rings. The number of carbonyl (C=O) groups excluding carboxylic acids is 2. The molecule has 0 bridgehead atoms. The molecular weight excluding hydrogens is 598 g/mol. The van der Waals surface area contributed by atoms with E-state index in [1.165, 1.54) is 12.1 Å². The van der Waals surface area contributed by atoms with Gasteiger partial charge in [0, 0.05) is 18.9 Å². The van der Waals surface area contributed by atoms with Crippen LogP contribution in [0.3, 0.4) is 0 Å². The van der Waals surface area contributed by atoms with Gasteiger partial charge in [-0.2, -0.15) is 18.3 Å². The number of benzene rings is 1. The van der Waals surface area contributed by atoms with Crippen molar-refractivity contribution in [2.75, 3.05) is 6.54 Å². The summed E-state index contributed by atoms with van der Waals surface area (Å²) in [5, 5.41) is 12.6. The minimum atomic E-state index is -5.10. The second kappa shape index (κ2) is 11.7. The van der Waals surface area contributed by atoms with Gasteiger partial charge in [-0.05, 0) is 43.4 Å². The van der Waals surface area contributed by atoms with Crippen LogP contribution in [0.1, 0.15) is 63.7 Å². The summed E-state index contributed by atoms with van der Waals surface area (Å²) in [5.41, 5.74) is -4.76. The minimum absolute atomic E-state index is 0.136. The summed E-state index contributed by atoms with van der Waals surface area (Å²) in [4.78, 5) is 42.6. The lowest BCUT2D eigenvalue weighted by atomic mass is 9.83. The molecule has 0 saturated heterocycles. The molecule has 0 atom stereocenters. The van der Waals surface area contributed by atoms with Crippen LogP contribution in [0, 0.1) is 5.82 Å². The Morgan fingerprint density at radius 3 is 2.17 bits per heavy atom. The van der Waals surface area contributed by atoms with Gasteiger partial charge in [-0.1, -0.05) is 35.3 Å². The van der Waals surface area contributed by atoms with Gasteiger partial charge in [-0.15, -0.1) is 0 Å². The lowest BCUT2D eigenvalue weighted by molar-refractivity contribution is -0.155. The van der Waals surface area contributed by atoms with E-state index < -0.39 is 72.0 Å². The Kier molecular flexibility index (Phi) is 8.69. The van der Waals surface area contributed by atoms with Gasteiger partial charge in [0.15, 0.2) is 11.5 Å². The largest absolute Gasteiger partial charge is 0.479 e. The molecule has 15 heteroatoms. The molecule has 0 spiro atoms. The van der Waals surface area contributed by atoms with E-state index in [9.17, 15) is 36.3 Å². The van der Waals surface area contributed by atoms with E-state index in [4.69, 9.17) is 28.3 Å². The molecule has 8 nitrogen and oxygen atoms in total. The molecule has 2 aromatic heterocycles. The summed E-state index contributed by atoms with van der Waals surface area (Å²) in [6.07, 6.45) is -3.72. The number of Topliss-reactive ketones (excluding diaryl/α,β-unsaturated/α-hetero) is 1. The summed E-state index contributed by atoms with van der Waals surface area (Å²) in [6, 6.07) is 3.74. The number of alkyl halides is 4. The fraction of sp³-hybridized carbons (Fsp3) is 0.346. The van der Waals surface area contributed by atoms with Crippen LogP contribution in [0.25, 0.3) is 0 Å². The maximum Gasteiger partial charge on any atom is 0.433 e. The lowest BCUT2D eigenvalue weighted by Gasteiger charge is -2.32. The summed E-state index contributed by atoms with van der Waals surface area (Å²) in [6.45, 7) is -1.14. The maximum atomic E-state index is 14.5. The predicted octanol–water partition coefficient (Wildman–Crippen LogP) is 6.18. The van der Waals surface area contributed by atoms with Crippen molar-refractivity contribution in [2.45, 2.75) is 50.1 Å². The Balaban J connectivity index is 1.71. The fourth-order valence-electron chi connectivity index (χ4n) is 4.71. The fourth-order valence-corrected chi connectivity index (χ4v) is 5.28. The molecule has 2 heterocycles. The van der Waals surface area contributed by atoms with Crippen LogP contribution in [0.4, 0.5) is 22.0 Å². The van der Waals surface area contributed by atoms with E-state index in [1.54, 1.807) is 0 Å². The van der Waals surface area contributed by atoms with Gasteiger partial charge < -0.3 is 10.0 Å². The summed E-state index contributed by atoms with van der Waals surface area (Å²) in [5.74, 6) is -4.30. The highest BCUT2D eigenvalue weighted by Gasteiger charge is 2.47. The van der Waals surface area contributed by atoms with Crippen LogP contribution in [-0.2, 0) is 17.5 Å². The average Bonchev–Trinajstić information content (AvgIpc) is 3.35. The molecule has 1 aromatic carbocycles. The molecule has 1 fully saturated rings. The molecular formula is C26H21Cl2F5N4O4. The number of aromatic nitrogens is 3. The summed E-state index contributed by atoms with van der Waals surface area (Å²) in [7, 11) is 0. The summed E-state index contributed by atoms with van der Waals surface area (Å²) < 4.78 is 71.6. The normalized spacial score (nSPS) is 19.1. The minimum Gasteiger partial charge on any atom is -0.479 e. The number of nitrogens with zero attached hydrogens (tertiary/aromatic N) is 4. The number of amides is 1. The van der Waals surface area contributed by atoms with Crippen molar-refractivity contribution in [2.24, 2.45) is 0 Å². The molecule has 41 heavy (non-hydrogen) atoms. The monoisotopic (exact) mass is 618 g/mol. The quantitative estimate of drug-likeness (QED) is 0.239. The Hall–Kier alpha value is -3.58. The second-order valence-corrected chi connectivity index (χ2v) is 10.4. The zero-order valence-corrected chi connectivity index (χ0v) is 22.5. The number of rotatable bonds is 8. The van der Waals surface area contributed by atoms with Crippen LogP contribution in [-0.4, -0.2) is 54.6 Å². The van der Waals surface area contributed by atoms with Gasteiger partial charge in [-0.25, -0.2) is 13.6 Å². The Bertz CT molecular complexity index is 1450. The number of ketones is 1. The highest BCUT2D eigenvalue weighted by atomic mass is 35.5. The van der Waals surface area contributed by atoms with E-state index in [1.807, 2.05) is 0 Å². The Morgan fingerprint density at radius 2 is 1.63 bits per heavy atom. The van der Waals surface area contributed by atoms with Crippen LogP contribution in [0.15, 0.2) is 42.9 Å². The second-order valence-electron chi connectivity index (χ2n) is 9.54. The zero-order valence-electron chi connectivity index (χ0n) is 21.0. The third kappa shape index (κ3) is 6.51. The Labute approximate surface area is 239 Å². The van der Waals surface area contributed by atoms with E-state index in [2.05, 4.69) is 10.1 Å². The van der Waals surface area contributed by atoms with Crippen LogP contribution in [0.5, 0.6) is 0 Å². The van der Waals surface area contributed by atoms with Crippen molar-refractivity contribution >= 4 is 40.9 Å². The van der Waals surface area contributed by atoms with E-state index >= 15 is 0 Å². The molecule has 0 radical (unpaired) electrons. The first-order valence-corrected chi connectivity index (χ1v) is 12.9. The van der Waals surface area contributed by atoms with Crippen molar-refractivity contribution in [1.82, 2.24) is 19.7 Å². The van der Waals surface area contributed by atoms with Crippen molar-refractivity contribution in [1.29, 1.82) is 0 Å². The van der Waals surface area contributed by atoms with Crippen LogP contribution < -0.4 is 0 Å². The number of hydrogen-bond donors (Lipinski definition) is 1. The molecule has 1 aliphatic carbocycles. The highest BCUT2D eigenvalue weighted by molar-refractivity contribution is 6.39.